The fraction of sp³-hybridized carbons (Fsp3) is 0.211. The maximum atomic E-state index is 12.8. The minimum absolute atomic E-state index is 0.136. The molecule has 3 aromatic rings. The van der Waals surface area contributed by atoms with Gasteiger partial charge in [0.15, 0.2) is 5.13 Å². The van der Waals surface area contributed by atoms with Gasteiger partial charge in [-0.15, -0.1) is 11.3 Å². The summed E-state index contributed by atoms with van der Waals surface area (Å²) in [6.07, 6.45) is 0. The van der Waals surface area contributed by atoms with Crippen molar-refractivity contribution in [2.24, 2.45) is 0 Å². The summed E-state index contributed by atoms with van der Waals surface area (Å²) in [7, 11) is -2.39. The molecular formula is C19H19N3O5S2. The van der Waals surface area contributed by atoms with E-state index in [0.717, 1.165) is 15.6 Å². The number of aryl methyl sites for hydroxylation is 1. The third kappa shape index (κ3) is 4.08. The van der Waals surface area contributed by atoms with Gasteiger partial charge >= 0.3 is 5.97 Å². The van der Waals surface area contributed by atoms with Crippen molar-refractivity contribution in [2.45, 2.75) is 18.7 Å². The molecule has 152 valence electrons. The second kappa shape index (κ2) is 8.18. The zero-order chi connectivity index (χ0) is 21.2. The number of anilines is 1. The number of hydrogen-bond acceptors (Lipinski definition) is 7. The van der Waals surface area contributed by atoms with Crippen molar-refractivity contribution in [1.29, 1.82) is 0 Å². The van der Waals surface area contributed by atoms with Crippen LogP contribution in [0.2, 0.25) is 0 Å². The molecule has 1 aromatic carbocycles. The van der Waals surface area contributed by atoms with Gasteiger partial charge in [0.05, 0.1) is 28.3 Å². The standard InChI is InChI=1S/C19H19N3O5S2/c1-4-27-18(24)14-10-15(17(23)20-12(14)2)16-11-28-19(21-16)22(3)29(25,26)13-8-6-5-7-9-13/h5-11H,4H2,1-3H3,(H,20,23). The molecule has 10 heteroatoms. The first kappa shape index (κ1) is 20.7. The van der Waals surface area contributed by atoms with Crippen molar-refractivity contribution in [3.63, 3.8) is 0 Å². The van der Waals surface area contributed by atoms with E-state index in [1.54, 1.807) is 37.4 Å². The number of aromatic nitrogens is 2. The molecule has 0 saturated heterocycles. The first-order valence-electron chi connectivity index (χ1n) is 8.66. The van der Waals surface area contributed by atoms with Gasteiger partial charge in [0.1, 0.15) is 0 Å². The van der Waals surface area contributed by atoms with Crippen LogP contribution in [0.25, 0.3) is 11.3 Å². The Balaban J connectivity index is 1.99. The Morgan fingerprint density at radius 1 is 1.28 bits per heavy atom. The number of benzene rings is 1. The molecule has 0 radical (unpaired) electrons. The molecule has 3 rings (SSSR count). The predicted octanol–water partition coefficient (Wildman–Crippen LogP) is 2.81. The zero-order valence-electron chi connectivity index (χ0n) is 16.0. The number of carbonyl (C=O) groups excluding carboxylic acids is 1. The molecular weight excluding hydrogens is 414 g/mol. The highest BCUT2D eigenvalue weighted by Gasteiger charge is 2.24. The van der Waals surface area contributed by atoms with E-state index in [2.05, 4.69) is 9.97 Å². The quantitative estimate of drug-likeness (QED) is 0.599. The van der Waals surface area contributed by atoms with Gasteiger partial charge < -0.3 is 9.72 Å². The number of carbonyl (C=O) groups is 1. The Kier molecular flexibility index (Phi) is 5.85. The lowest BCUT2D eigenvalue weighted by Crippen LogP contribution is -2.26. The summed E-state index contributed by atoms with van der Waals surface area (Å²) >= 11 is 1.08. The summed E-state index contributed by atoms with van der Waals surface area (Å²) in [5.74, 6) is -0.554. The number of sulfonamides is 1. The lowest BCUT2D eigenvalue weighted by molar-refractivity contribution is 0.0525. The molecule has 0 unspecified atom stereocenters. The van der Waals surface area contributed by atoms with Crippen LogP contribution in [0.15, 0.2) is 51.5 Å². The second-order valence-electron chi connectivity index (χ2n) is 6.07. The van der Waals surface area contributed by atoms with Gasteiger partial charge in [0.2, 0.25) is 0 Å². The monoisotopic (exact) mass is 433 g/mol. The molecule has 29 heavy (non-hydrogen) atoms. The Morgan fingerprint density at radius 2 is 1.97 bits per heavy atom. The van der Waals surface area contributed by atoms with Crippen molar-refractivity contribution in [3.05, 3.63) is 63.4 Å². The molecule has 0 aliphatic rings. The lowest BCUT2D eigenvalue weighted by Gasteiger charge is -2.16. The number of aromatic amines is 1. The van der Waals surface area contributed by atoms with Crippen LogP contribution >= 0.6 is 11.3 Å². The number of pyridine rings is 1. The largest absolute Gasteiger partial charge is 0.462 e. The number of esters is 1. The van der Waals surface area contributed by atoms with Crippen molar-refractivity contribution >= 4 is 32.5 Å². The zero-order valence-corrected chi connectivity index (χ0v) is 17.6. The van der Waals surface area contributed by atoms with Crippen molar-refractivity contribution < 1.29 is 17.9 Å². The Hall–Kier alpha value is -2.98. The van der Waals surface area contributed by atoms with E-state index >= 15 is 0 Å². The van der Waals surface area contributed by atoms with E-state index in [4.69, 9.17) is 4.74 Å². The summed E-state index contributed by atoms with van der Waals surface area (Å²) in [6, 6.07) is 9.41. The predicted molar refractivity (Wildman–Crippen MR) is 111 cm³/mol. The van der Waals surface area contributed by atoms with Crippen LogP contribution in [0.5, 0.6) is 0 Å². The minimum Gasteiger partial charge on any atom is -0.462 e. The second-order valence-corrected chi connectivity index (χ2v) is 8.88. The van der Waals surface area contributed by atoms with E-state index in [1.807, 2.05) is 0 Å². The topological polar surface area (TPSA) is 109 Å². The number of nitrogens with zero attached hydrogens (tertiary/aromatic N) is 2. The Morgan fingerprint density at radius 3 is 2.62 bits per heavy atom. The van der Waals surface area contributed by atoms with Crippen molar-refractivity contribution in [3.8, 4) is 11.3 Å². The normalized spacial score (nSPS) is 11.3. The SMILES string of the molecule is CCOC(=O)c1cc(-c2csc(N(C)S(=O)(=O)c3ccccc3)n2)c(=O)[nH]c1C. The summed E-state index contributed by atoms with van der Waals surface area (Å²) in [6.45, 7) is 3.50. The van der Waals surface area contributed by atoms with Gasteiger partial charge in [0, 0.05) is 18.1 Å². The molecule has 0 spiro atoms. The van der Waals surface area contributed by atoms with Gasteiger partial charge in [-0.25, -0.2) is 22.5 Å². The summed E-state index contributed by atoms with van der Waals surface area (Å²) in [5.41, 5.74) is 0.609. The highest BCUT2D eigenvalue weighted by Crippen LogP contribution is 2.29. The highest BCUT2D eigenvalue weighted by atomic mass is 32.2. The molecule has 0 fully saturated rings. The van der Waals surface area contributed by atoms with Crippen LogP contribution in [0.4, 0.5) is 5.13 Å². The molecule has 2 heterocycles. The molecule has 0 amide bonds. The number of nitrogens with one attached hydrogen (secondary N) is 1. The maximum Gasteiger partial charge on any atom is 0.339 e. The average Bonchev–Trinajstić information content (AvgIpc) is 3.18. The van der Waals surface area contributed by atoms with Gasteiger partial charge in [-0.2, -0.15) is 0 Å². The van der Waals surface area contributed by atoms with E-state index < -0.39 is 21.6 Å². The summed E-state index contributed by atoms with van der Waals surface area (Å²) in [4.78, 5) is 31.6. The van der Waals surface area contributed by atoms with Crippen LogP contribution in [0.3, 0.4) is 0 Å². The molecule has 0 aliphatic heterocycles. The number of H-pyrrole nitrogens is 1. The molecule has 0 atom stereocenters. The third-order valence-corrected chi connectivity index (χ3v) is 6.97. The van der Waals surface area contributed by atoms with Crippen LogP contribution < -0.4 is 9.86 Å². The number of ether oxygens (including phenoxy) is 1. The van der Waals surface area contributed by atoms with Gasteiger partial charge in [0.25, 0.3) is 15.6 Å². The first-order valence-corrected chi connectivity index (χ1v) is 11.0. The minimum atomic E-state index is -3.79. The van der Waals surface area contributed by atoms with Crippen LogP contribution in [-0.4, -0.2) is 38.0 Å². The van der Waals surface area contributed by atoms with Gasteiger partial charge in [-0.05, 0) is 32.0 Å². The number of hydrogen-bond donors (Lipinski definition) is 1. The summed E-state index contributed by atoms with van der Waals surface area (Å²) in [5, 5.41) is 1.77. The first-order chi connectivity index (χ1) is 13.8. The van der Waals surface area contributed by atoms with Crippen molar-refractivity contribution in [2.75, 3.05) is 18.0 Å². The molecule has 0 saturated carbocycles. The number of rotatable bonds is 6. The third-order valence-electron chi connectivity index (χ3n) is 4.17. The Bertz CT molecular complexity index is 1200. The fourth-order valence-electron chi connectivity index (χ4n) is 2.62. The maximum absolute atomic E-state index is 12.8. The van der Waals surface area contributed by atoms with Gasteiger partial charge in [-0.1, -0.05) is 18.2 Å². The van der Waals surface area contributed by atoms with E-state index in [1.165, 1.54) is 25.2 Å². The van der Waals surface area contributed by atoms with E-state index in [-0.39, 0.29) is 33.5 Å². The average molecular weight is 434 g/mol. The highest BCUT2D eigenvalue weighted by molar-refractivity contribution is 7.93. The lowest BCUT2D eigenvalue weighted by atomic mass is 10.1. The number of thiazole rings is 1. The fourth-order valence-corrected chi connectivity index (χ4v) is 4.80. The van der Waals surface area contributed by atoms with Crippen LogP contribution in [-0.2, 0) is 14.8 Å². The molecule has 0 bridgehead atoms. The summed E-state index contributed by atoms with van der Waals surface area (Å²) < 4.78 is 31.6. The molecule has 2 aromatic heterocycles. The molecule has 0 aliphatic carbocycles. The van der Waals surface area contributed by atoms with E-state index in [0.29, 0.717) is 5.69 Å². The van der Waals surface area contributed by atoms with E-state index in [9.17, 15) is 18.0 Å². The Labute approximate surface area is 171 Å². The smallest absolute Gasteiger partial charge is 0.339 e. The molecule has 8 nitrogen and oxygen atoms in total. The van der Waals surface area contributed by atoms with Crippen LogP contribution in [0, 0.1) is 6.92 Å². The van der Waals surface area contributed by atoms with Crippen molar-refractivity contribution in [1.82, 2.24) is 9.97 Å². The van der Waals surface area contributed by atoms with Gasteiger partial charge in [-0.3, -0.25) is 4.79 Å². The molecule has 1 N–H and O–H groups in total. The van der Waals surface area contributed by atoms with Crippen LogP contribution in [0.1, 0.15) is 23.0 Å².